The van der Waals surface area contributed by atoms with E-state index in [9.17, 15) is 0 Å². The van der Waals surface area contributed by atoms with Crippen molar-refractivity contribution in [1.29, 1.82) is 0 Å². The standard InChI is InChI=1S/C12H11BrN4S/c1-8(10-5-3-7-18-10)14-12-15-11-9(13)4-2-6-17(11)16-12/h2-8H,1H3,(H,14,16). The van der Waals surface area contributed by atoms with Gasteiger partial charge in [0.25, 0.3) is 0 Å². The quantitative estimate of drug-likeness (QED) is 0.799. The molecular formula is C12H11BrN4S. The van der Waals surface area contributed by atoms with E-state index in [4.69, 9.17) is 0 Å². The van der Waals surface area contributed by atoms with Gasteiger partial charge in [0.2, 0.25) is 5.95 Å². The Kier molecular flexibility index (Phi) is 3.05. The van der Waals surface area contributed by atoms with Crippen LogP contribution in [-0.2, 0) is 0 Å². The van der Waals surface area contributed by atoms with Crippen LogP contribution < -0.4 is 5.32 Å². The lowest BCUT2D eigenvalue weighted by Crippen LogP contribution is -2.06. The second-order valence-electron chi connectivity index (χ2n) is 3.94. The van der Waals surface area contributed by atoms with E-state index in [1.807, 2.05) is 24.4 Å². The Bertz CT molecular complexity index is 662. The van der Waals surface area contributed by atoms with E-state index in [0.29, 0.717) is 5.95 Å². The van der Waals surface area contributed by atoms with Crippen molar-refractivity contribution in [2.24, 2.45) is 0 Å². The van der Waals surface area contributed by atoms with E-state index in [2.05, 4.69) is 49.7 Å². The van der Waals surface area contributed by atoms with Crippen molar-refractivity contribution in [3.63, 3.8) is 0 Å². The number of halogens is 1. The summed E-state index contributed by atoms with van der Waals surface area (Å²) in [5.74, 6) is 0.641. The van der Waals surface area contributed by atoms with Crippen LogP contribution in [0.4, 0.5) is 5.95 Å². The number of fused-ring (bicyclic) bond motifs is 1. The molecule has 0 amide bonds. The van der Waals surface area contributed by atoms with Gasteiger partial charge in [-0.1, -0.05) is 6.07 Å². The third kappa shape index (κ3) is 2.13. The molecule has 18 heavy (non-hydrogen) atoms. The first-order valence-corrected chi connectivity index (χ1v) is 7.22. The summed E-state index contributed by atoms with van der Waals surface area (Å²) in [7, 11) is 0. The van der Waals surface area contributed by atoms with Crippen molar-refractivity contribution in [3.05, 3.63) is 45.2 Å². The number of rotatable bonds is 3. The maximum Gasteiger partial charge on any atom is 0.243 e. The van der Waals surface area contributed by atoms with Gasteiger partial charge in [-0.25, -0.2) is 4.52 Å². The van der Waals surface area contributed by atoms with E-state index in [1.54, 1.807) is 15.9 Å². The van der Waals surface area contributed by atoms with Crippen LogP contribution in [0, 0.1) is 0 Å². The minimum atomic E-state index is 0.209. The molecule has 3 aromatic rings. The fraction of sp³-hybridized carbons (Fsp3) is 0.167. The van der Waals surface area contributed by atoms with Crippen molar-refractivity contribution >= 4 is 38.9 Å². The Morgan fingerprint density at radius 3 is 3.00 bits per heavy atom. The maximum atomic E-state index is 4.46. The molecule has 1 unspecified atom stereocenters. The minimum Gasteiger partial charge on any atom is -0.346 e. The maximum absolute atomic E-state index is 4.46. The summed E-state index contributed by atoms with van der Waals surface area (Å²) in [4.78, 5) is 5.73. The van der Waals surface area contributed by atoms with Gasteiger partial charge in [-0.05, 0) is 46.4 Å². The SMILES string of the molecule is CC(Nc1nc2c(Br)cccn2n1)c1cccs1. The van der Waals surface area contributed by atoms with E-state index in [1.165, 1.54) is 4.88 Å². The summed E-state index contributed by atoms with van der Waals surface area (Å²) in [6.07, 6.45) is 1.88. The van der Waals surface area contributed by atoms with Crippen LogP contribution in [-0.4, -0.2) is 14.6 Å². The predicted octanol–water partition coefficient (Wildman–Crippen LogP) is 3.73. The highest BCUT2D eigenvalue weighted by molar-refractivity contribution is 9.10. The van der Waals surface area contributed by atoms with Crippen molar-refractivity contribution in [1.82, 2.24) is 14.6 Å². The molecule has 0 aliphatic heterocycles. The first kappa shape index (κ1) is 11.7. The molecule has 0 aliphatic rings. The zero-order valence-corrected chi connectivity index (χ0v) is 12.1. The number of thiophene rings is 1. The molecule has 3 rings (SSSR count). The molecule has 0 saturated heterocycles. The molecule has 6 heteroatoms. The van der Waals surface area contributed by atoms with Gasteiger partial charge in [-0.3, -0.25) is 0 Å². The second kappa shape index (κ2) is 4.70. The number of hydrogen-bond acceptors (Lipinski definition) is 4. The fourth-order valence-corrected chi connectivity index (χ4v) is 2.89. The van der Waals surface area contributed by atoms with Gasteiger partial charge >= 0.3 is 0 Å². The molecule has 3 aromatic heterocycles. The smallest absolute Gasteiger partial charge is 0.243 e. The van der Waals surface area contributed by atoms with Gasteiger partial charge in [0.15, 0.2) is 5.65 Å². The third-order valence-electron chi connectivity index (χ3n) is 2.63. The van der Waals surface area contributed by atoms with Crippen molar-refractivity contribution < 1.29 is 0 Å². The van der Waals surface area contributed by atoms with Gasteiger partial charge in [-0.2, -0.15) is 4.98 Å². The van der Waals surface area contributed by atoms with Gasteiger partial charge in [0.1, 0.15) is 0 Å². The summed E-state index contributed by atoms with van der Waals surface area (Å²) in [5.41, 5.74) is 0.818. The third-order valence-corrected chi connectivity index (χ3v) is 4.30. The van der Waals surface area contributed by atoms with Crippen LogP contribution in [0.1, 0.15) is 17.8 Å². The van der Waals surface area contributed by atoms with Crippen LogP contribution >= 0.6 is 27.3 Å². The van der Waals surface area contributed by atoms with E-state index >= 15 is 0 Å². The molecule has 92 valence electrons. The fourth-order valence-electron chi connectivity index (χ4n) is 1.74. The zero-order valence-electron chi connectivity index (χ0n) is 9.67. The topological polar surface area (TPSA) is 42.2 Å². The Hall–Kier alpha value is -1.40. The number of nitrogens with zero attached hydrogens (tertiary/aromatic N) is 3. The molecule has 0 aromatic carbocycles. The lowest BCUT2D eigenvalue weighted by molar-refractivity contribution is 0.869. The highest BCUT2D eigenvalue weighted by Crippen LogP contribution is 2.23. The van der Waals surface area contributed by atoms with Crippen LogP contribution in [0.2, 0.25) is 0 Å². The average Bonchev–Trinajstić information content (AvgIpc) is 2.97. The molecule has 0 radical (unpaired) electrons. The van der Waals surface area contributed by atoms with Gasteiger partial charge in [-0.15, -0.1) is 16.4 Å². The molecule has 0 spiro atoms. The average molecular weight is 323 g/mol. The second-order valence-corrected chi connectivity index (χ2v) is 5.77. The highest BCUT2D eigenvalue weighted by atomic mass is 79.9. The van der Waals surface area contributed by atoms with Gasteiger partial charge in [0, 0.05) is 11.1 Å². The molecule has 0 bridgehead atoms. The molecule has 1 atom stereocenters. The summed E-state index contributed by atoms with van der Waals surface area (Å²) in [6, 6.07) is 8.25. The Morgan fingerprint density at radius 2 is 2.28 bits per heavy atom. The summed E-state index contributed by atoms with van der Waals surface area (Å²) in [6.45, 7) is 2.10. The zero-order chi connectivity index (χ0) is 12.5. The van der Waals surface area contributed by atoms with E-state index in [-0.39, 0.29) is 6.04 Å². The summed E-state index contributed by atoms with van der Waals surface area (Å²) >= 11 is 5.19. The molecular weight excluding hydrogens is 312 g/mol. The number of pyridine rings is 1. The highest BCUT2D eigenvalue weighted by Gasteiger charge is 2.10. The number of anilines is 1. The largest absolute Gasteiger partial charge is 0.346 e. The predicted molar refractivity (Wildman–Crippen MR) is 77.0 cm³/mol. The van der Waals surface area contributed by atoms with Crippen LogP contribution in [0.25, 0.3) is 5.65 Å². The van der Waals surface area contributed by atoms with Crippen molar-refractivity contribution in [2.75, 3.05) is 5.32 Å². The van der Waals surface area contributed by atoms with Gasteiger partial charge < -0.3 is 5.32 Å². The summed E-state index contributed by atoms with van der Waals surface area (Å²) < 4.78 is 2.70. The monoisotopic (exact) mass is 322 g/mol. The Morgan fingerprint density at radius 1 is 1.39 bits per heavy atom. The Balaban J connectivity index is 1.89. The summed E-state index contributed by atoms with van der Waals surface area (Å²) in [5, 5.41) is 9.77. The minimum absolute atomic E-state index is 0.209. The van der Waals surface area contributed by atoms with Crippen LogP contribution in [0.5, 0.6) is 0 Å². The normalized spacial score (nSPS) is 12.8. The van der Waals surface area contributed by atoms with E-state index in [0.717, 1.165) is 10.1 Å². The van der Waals surface area contributed by atoms with E-state index < -0.39 is 0 Å². The lowest BCUT2D eigenvalue weighted by atomic mass is 10.3. The molecule has 4 nitrogen and oxygen atoms in total. The molecule has 3 heterocycles. The van der Waals surface area contributed by atoms with Crippen molar-refractivity contribution in [2.45, 2.75) is 13.0 Å². The number of nitrogens with one attached hydrogen (secondary N) is 1. The van der Waals surface area contributed by atoms with Crippen LogP contribution in [0.3, 0.4) is 0 Å². The molecule has 0 saturated carbocycles. The van der Waals surface area contributed by atoms with Crippen LogP contribution in [0.15, 0.2) is 40.3 Å². The Labute approximate surface area is 117 Å². The first-order valence-electron chi connectivity index (χ1n) is 5.55. The first-order chi connectivity index (χ1) is 8.74. The van der Waals surface area contributed by atoms with Gasteiger partial charge in [0.05, 0.1) is 10.5 Å². The number of aromatic nitrogens is 3. The molecule has 0 aliphatic carbocycles. The molecule has 0 fully saturated rings. The molecule has 1 N–H and O–H groups in total. The van der Waals surface area contributed by atoms with Crippen molar-refractivity contribution in [3.8, 4) is 0 Å². The lowest BCUT2D eigenvalue weighted by Gasteiger charge is -2.09. The number of hydrogen-bond donors (Lipinski definition) is 1.